The minimum absolute atomic E-state index is 0.0321. The van der Waals surface area contributed by atoms with Crippen molar-refractivity contribution in [1.29, 1.82) is 0 Å². The number of anilines is 1. The molecule has 78 valence electrons. The smallest absolute Gasteiger partial charge is 0.339 e. The van der Waals surface area contributed by atoms with Gasteiger partial charge in [0.2, 0.25) is 5.91 Å². The van der Waals surface area contributed by atoms with Gasteiger partial charge >= 0.3 is 5.97 Å². The SMILES string of the molecule is CC=CC(=O)Nc1ncccc1C(=O)O. The summed E-state index contributed by atoms with van der Waals surface area (Å²) in [7, 11) is 0. The van der Waals surface area contributed by atoms with Crippen LogP contribution in [0.4, 0.5) is 5.82 Å². The van der Waals surface area contributed by atoms with Crippen molar-refractivity contribution in [3.05, 3.63) is 36.0 Å². The van der Waals surface area contributed by atoms with Crippen LogP contribution in [0.1, 0.15) is 17.3 Å². The van der Waals surface area contributed by atoms with Crippen LogP contribution in [0.2, 0.25) is 0 Å². The number of hydrogen-bond donors (Lipinski definition) is 2. The van der Waals surface area contributed by atoms with Crippen molar-refractivity contribution in [3.8, 4) is 0 Å². The Hall–Kier alpha value is -2.17. The fourth-order valence-electron chi connectivity index (χ4n) is 0.987. The summed E-state index contributed by atoms with van der Waals surface area (Å²) in [4.78, 5) is 25.7. The second-order valence-electron chi connectivity index (χ2n) is 2.69. The number of aromatic nitrogens is 1. The summed E-state index contributed by atoms with van der Waals surface area (Å²) in [6.07, 6.45) is 4.26. The molecule has 0 aromatic carbocycles. The third-order valence-electron chi connectivity index (χ3n) is 1.60. The van der Waals surface area contributed by atoms with E-state index in [1.807, 2.05) is 0 Å². The Morgan fingerprint density at radius 3 is 2.87 bits per heavy atom. The number of amides is 1. The molecule has 2 N–H and O–H groups in total. The van der Waals surface area contributed by atoms with Crippen molar-refractivity contribution >= 4 is 17.7 Å². The van der Waals surface area contributed by atoms with Crippen LogP contribution < -0.4 is 5.32 Å². The minimum Gasteiger partial charge on any atom is -0.478 e. The van der Waals surface area contributed by atoms with E-state index in [9.17, 15) is 9.59 Å². The molecular formula is C10H10N2O3. The maximum atomic E-state index is 11.2. The van der Waals surface area contributed by atoms with Crippen LogP contribution in [0, 0.1) is 0 Å². The van der Waals surface area contributed by atoms with E-state index in [2.05, 4.69) is 10.3 Å². The number of allylic oxidation sites excluding steroid dienone is 1. The lowest BCUT2D eigenvalue weighted by molar-refractivity contribution is -0.111. The fourth-order valence-corrected chi connectivity index (χ4v) is 0.987. The Balaban J connectivity index is 2.94. The van der Waals surface area contributed by atoms with Gasteiger partial charge < -0.3 is 10.4 Å². The van der Waals surface area contributed by atoms with Gasteiger partial charge in [0.1, 0.15) is 11.4 Å². The first-order valence-electron chi connectivity index (χ1n) is 4.27. The Morgan fingerprint density at radius 2 is 2.27 bits per heavy atom. The maximum Gasteiger partial charge on any atom is 0.339 e. The van der Waals surface area contributed by atoms with Gasteiger partial charge in [-0.05, 0) is 25.1 Å². The molecule has 1 amide bonds. The molecule has 1 aromatic heterocycles. The van der Waals surface area contributed by atoms with E-state index in [1.165, 1.54) is 24.4 Å². The number of pyridine rings is 1. The molecule has 0 spiro atoms. The lowest BCUT2D eigenvalue weighted by Crippen LogP contribution is -2.13. The van der Waals surface area contributed by atoms with Gasteiger partial charge in [0, 0.05) is 6.20 Å². The van der Waals surface area contributed by atoms with Gasteiger partial charge in [-0.2, -0.15) is 0 Å². The molecule has 0 saturated heterocycles. The number of carboxylic acid groups (broad SMARTS) is 1. The number of carbonyl (C=O) groups excluding carboxylic acids is 1. The zero-order valence-electron chi connectivity index (χ0n) is 8.10. The predicted octanol–water partition coefficient (Wildman–Crippen LogP) is 1.29. The first-order chi connectivity index (χ1) is 7.15. The normalized spacial score (nSPS) is 10.2. The standard InChI is InChI=1S/C10H10N2O3/c1-2-4-8(13)12-9-7(10(14)15)5-3-6-11-9/h2-6H,1H3,(H,14,15)(H,11,12,13). The van der Waals surface area contributed by atoms with Crippen LogP contribution in [-0.2, 0) is 4.79 Å². The molecule has 0 fully saturated rings. The Bertz CT molecular complexity index is 413. The molecule has 0 aliphatic rings. The molecule has 0 saturated carbocycles. The number of rotatable bonds is 3. The average molecular weight is 206 g/mol. The first kappa shape index (κ1) is 10.9. The van der Waals surface area contributed by atoms with Crippen LogP contribution in [-0.4, -0.2) is 22.0 Å². The number of nitrogens with one attached hydrogen (secondary N) is 1. The van der Waals surface area contributed by atoms with Gasteiger partial charge in [-0.25, -0.2) is 9.78 Å². The molecule has 1 heterocycles. The zero-order chi connectivity index (χ0) is 11.3. The summed E-state index contributed by atoms with van der Waals surface area (Å²) in [6.45, 7) is 1.69. The summed E-state index contributed by atoms with van der Waals surface area (Å²) in [5, 5.41) is 11.2. The minimum atomic E-state index is -1.13. The van der Waals surface area contributed by atoms with Gasteiger partial charge in [0.25, 0.3) is 0 Å². The summed E-state index contributed by atoms with van der Waals surface area (Å²) in [5.74, 6) is -1.48. The molecule has 1 rings (SSSR count). The molecule has 15 heavy (non-hydrogen) atoms. The molecule has 0 unspecified atom stereocenters. The molecule has 5 heteroatoms. The van der Waals surface area contributed by atoms with E-state index in [4.69, 9.17) is 5.11 Å². The van der Waals surface area contributed by atoms with E-state index in [0.717, 1.165) is 0 Å². The molecule has 0 bridgehead atoms. The van der Waals surface area contributed by atoms with Crippen molar-refractivity contribution in [2.24, 2.45) is 0 Å². The number of aromatic carboxylic acids is 1. The third-order valence-corrected chi connectivity index (χ3v) is 1.60. The molecule has 1 aromatic rings. The molecule has 0 aliphatic carbocycles. The van der Waals surface area contributed by atoms with E-state index in [1.54, 1.807) is 13.0 Å². The van der Waals surface area contributed by atoms with Crippen molar-refractivity contribution in [2.45, 2.75) is 6.92 Å². The van der Waals surface area contributed by atoms with Crippen molar-refractivity contribution in [3.63, 3.8) is 0 Å². The van der Waals surface area contributed by atoms with Crippen LogP contribution in [0.15, 0.2) is 30.5 Å². The van der Waals surface area contributed by atoms with E-state index in [0.29, 0.717) is 0 Å². The second kappa shape index (κ2) is 4.90. The third kappa shape index (κ3) is 2.91. The Kier molecular flexibility index (Phi) is 3.56. The van der Waals surface area contributed by atoms with Gasteiger partial charge in [-0.15, -0.1) is 0 Å². The Morgan fingerprint density at radius 1 is 1.53 bits per heavy atom. The van der Waals surface area contributed by atoms with Crippen LogP contribution in [0.5, 0.6) is 0 Å². The number of carbonyl (C=O) groups is 2. The van der Waals surface area contributed by atoms with Crippen LogP contribution >= 0.6 is 0 Å². The summed E-state index contributed by atoms with van der Waals surface area (Å²) in [6, 6.07) is 2.87. The number of nitrogens with zero attached hydrogens (tertiary/aromatic N) is 1. The molecule has 0 radical (unpaired) electrons. The van der Waals surface area contributed by atoms with E-state index >= 15 is 0 Å². The number of carboxylic acids is 1. The predicted molar refractivity (Wildman–Crippen MR) is 54.6 cm³/mol. The van der Waals surface area contributed by atoms with Crippen molar-refractivity contribution in [1.82, 2.24) is 4.98 Å². The van der Waals surface area contributed by atoms with Crippen molar-refractivity contribution < 1.29 is 14.7 Å². The monoisotopic (exact) mass is 206 g/mol. The van der Waals surface area contributed by atoms with Gasteiger partial charge in [0.05, 0.1) is 0 Å². The Labute approximate surface area is 86.5 Å². The fraction of sp³-hybridized carbons (Fsp3) is 0.100. The highest BCUT2D eigenvalue weighted by atomic mass is 16.4. The van der Waals surface area contributed by atoms with Crippen molar-refractivity contribution in [2.75, 3.05) is 5.32 Å². The maximum absolute atomic E-state index is 11.2. The first-order valence-corrected chi connectivity index (χ1v) is 4.27. The molecule has 5 nitrogen and oxygen atoms in total. The van der Waals surface area contributed by atoms with Gasteiger partial charge in [-0.1, -0.05) is 6.08 Å². The summed E-state index contributed by atoms with van der Waals surface area (Å²) >= 11 is 0. The summed E-state index contributed by atoms with van der Waals surface area (Å²) in [5.41, 5.74) is -0.0321. The number of hydrogen-bond acceptors (Lipinski definition) is 3. The summed E-state index contributed by atoms with van der Waals surface area (Å²) < 4.78 is 0. The molecule has 0 atom stereocenters. The molecular weight excluding hydrogens is 196 g/mol. The van der Waals surface area contributed by atoms with Crippen LogP contribution in [0.25, 0.3) is 0 Å². The second-order valence-corrected chi connectivity index (χ2v) is 2.69. The molecule has 0 aliphatic heterocycles. The zero-order valence-corrected chi connectivity index (χ0v) is 8.10. The highest BCUT2D eigenvalue weighted by molar-refractivity contribution is 6.03. The van der Waals surface area contributed by atoms with Gasteiger partial charge in [0.15, 0.2) is 0 Å². The largest absolute Gasteiger partial charge is 0.478 e. The average Bonchev–Trinajstić information content (AvgIpc) is 2.18. The van der Waals surface area contributed by atoms with E-state index in [-0.39, 0.29) is 11.4 Å². The van der Waals surface area contributed by atoms with Gasteiger partial charge in [-0.3, -0.25) is 4.79 Å². The van der Waals surface area contributed by atoms with E-state index < -0.39 is 11.9 Å². The lowest BCUT2D eigenvalue weighted by Gasteiger charge is -2.03. The highest BCUT2D eigenvalue weighted by Crippen LogP contribution is 2.10. The lowest BCUT2D eigenvalue weighted by atomic mass is 10.2. The quantitative estimate of drug-likeness (QED) is 0.730. The topological polar surface area (TPSA) is 79.3 Å². The highest BCUT2D eigenvalue weighted by Gasteiger charge is 2.11. The van der Waals surface area contributed by atoms with Crippen LogP contribution in [0.3, 0.4) is 0 Å².